The van der Waals surface area contributed by atoms with Gasteiger partial charge in [-0.2, -0.15) is 0 Å². The topological polar surface area (TPSA) is 46.2 Å². The highest BCUT2D eigenvalue weighted by atomic mass is 79.9. The van der Waals surface area contributed by atoms with Gasteiger partial charge in [-0.25, -0.2) is 8.42 Å². The van der Waals surface area contributed by atoms with Gasteiger partial charge in [0.2, 0.25) is 0 Å². The van der Waals surface area contributed by atoms with Gasteiger partial charge >= 0.3 is 0 Å². The van der Waals surface area contributed by atoms with Gasteiger partial charge in [-0.05, 0) is 40.5 Å². The van der Waals surface area contributed by atoms with Gasteiger partial charge in [-0.15, -0.1) is 0 Å². The summed E-state index contributed by atoms with van der Waals surface area (Å²) in [6, 6.07) is 5.71. The van der Waals surface area contributed by atoms with Crippen molar-refractivity contribution in [1.29, 1.82) is 0 Å². The summed E-state index contributed by atoms with van der Waals surface area (Å²) < 4.78 is 24.6. The molecule has 1 N–H and O–H groups in total. The van der Waals surface area contributed by atoms with E-state index in [0.29, 0.717) is 15.8 Å². The van der Waals surface area contributed by atoms with Crippen molar-refractivity contribution in [2.24, 2.45) is 0 Å². The quantitative estimate of drug-likeness (QED) is 0.912. The molecule has 1 heterocycles. The molecule has 1 aromatic rings. The molecule has 1 aliphatic rings. The highest BCUT2D eigenvalue weighted by Gasteiger charge is 2.31. The van der Waals surface area contributed by atoms with Gasteiger partial charge in [-0.3, -0.25) is 0 Å². The lowest BCUT2D eigenvalue weighted by Crippen LogP contribution is -2.29. The Balaban J connectivity index is 2.58. The van der Waals surface area contributed by atoms with Crippen molar-refractivity contribution < 1.29 is 8.42 Å². The predicted molar refractivity (Wildman–Crippen MR) is 67.2 cm³/mol. The Hall–Kier alpha value is -0.390. The Morgan fingerprint density at radius 2 is 2.25 bits per heavy atom. The molecular weight excluding hydrogens is 290 g/mol. The van der Waals surface area contributed by atoms with E-state index < -0.39 is 9.84 Å². The average molecular weight is 304 g/mol. The van der Waals surface area contributed by atoms with E-state index in [9.17, 15) is 8.42 Å². The lowest BCUT2D eigenvalue weighted by molar-refractivity contribution is 0.504. The van der Waals surface area contributed by atoms with E-state index in [-0.39, 0.29) is 11.8 Å². The molecule has 16 heavy (non-hydrogen) atoms. The van der Waals surface area contributed by atoms with Gasteiger partial charge in [0.1, 0.15) is 0 Å². The molecule has 0 saturated heterocycles. The zero-order valence-electron chi connectivity index (χ0n) is 9.03. The molecule has 1 unspecified atom stereocenters. The molecule has 88 valence electrons. The molecule has 1 atom stereocenters. The molecule has 1 aromatic carbocycles. The van der Waals surface area contributed by atoms with Crippen LogP contribution in [0.15, 0.2) is 27.6 Å². The van der Waals surface area contributed by atoms with Crippen molar-refractivity contribution in [3.05, 3.63) is 28.2 Å². The molecule has 1 aliphatic heterocycles. The van der Waals surface area contributed by atoms with E-state index in [1.165, 1.54) is 0 Å². The number of hydrogen-bond donors (Lipinski definition) is 1. The van der Waals surface area contributed by atoms with Gasteiger partial charge in [0.15, 0.2) is 9.84 Å². The fraction of sp³-hybridized carbons (Fsp3) is 0.455. The van der Waals surface area contributed by atoms with Gasteiger partial charge in [0, 0.05) is 10.5 Å². The van der Waals surface area contributed by atoms with Crippen molar-refractivity contribution >= 4 is 25.8 Å². The zero-order chi connectivity index (χ0) is 11.8. The molecular formula is C11H14BrNO2S. The summed E-state index contributed by atoms with van der Waals surface area (Å²) in [5, 5.41) is 3.32. The summed E-state index contributed by atoms with van der Waals surface area (Å²) in [6.07, 6.45) is 0.652. The molecule has 0 radical (unpaired) electrons. The molecule has 0 aliphatic carbocycles. The number of nitrogens with one attached hydrogen (secondary N) is 1. The van der Waals surface area contributed by atoms with Crippen LogP contribution in [0, 0.1) is 0 Å². The van der Waals surface area contributed by atoms with E-state index in [4.69, 9.17) is 0 Å². The first-order valence-electron chi connectivity index (χ1n) is 5.31. The summed E-state index contributed by atoms with van der Waals surface area (Å²) in [7, 11) is -3.11. The molecule has 0 saturated carbocycles. The highest BCUT2D eigenvalue weighted by Crippen LogP contribution is 2.36. The molecule has 0 bridgehead atoms. The highest BCUT2D eigenvalue weighted by molar-refractivity contribution is 9.10. The van der Waals surface area contributed by atoms with Crippen LogP contribution in [-0.4, -0.2) is 20.7 Å². The molecule has 0 aromatic heterocycles. The van der Waals surface area contributed by atoms with Gasteiger partial charge in [0.05, 0.1) is 10.6 Å². The summed E-state index contributed by atoms with van der Waals surface area (Å²) in [4.78, 5) is 0.465. The molecule has 3 nitrogen and oxygen atoms in total. The second-order valence-corrected chi connectivity index (χ2v) is 6.78. The third-order valence-electron chi connectivity index (χ3n) is 2.81. The maximum Gasteiger partial charge on any atom is 0.179 e. The lowest BCUT2D eigenvalue weighted by atomic mass is 10.0. The van der Waals surface area contributed by atoms with E-state index in [1.807, 2.05) is 19.1 Å². The summed E-state index contributed by atoms with van der Waals surface area (Å²) in [5.41, 5.74) is 0.891. The van der Waals surface area contributed by atoms with Crippen molar-refractivity contribution in [3.63, 3.8) is 0 Å². The summed E-state index contributed by atoms with van der Waals surface area (Å²) in [6.45, 7) is 2.87. The first-order valence-corrected chi connectivity index (χ1v) is 7.75. The van der Waals surface area contributed by atoms with Crippen molar-refractivity contribution in [3.8, 4) is 0 Å². The van der Waals surface area contributed by atoms with Crippen LogP contribution in [0.25, 0.3) is 0 Å². The van der Waals surface area contributed by atoms with Gasteiger partial charge in [0.25, 0.3) is 0 Å². The maximum absolute atomic E-state index is 12.0. The summed E-state index contributed by atoms with van der Waals surface area (Å²) >= 11 is 3.33. The van der Waals surface area contributed by atoms with E-state index >= 15 is 0 Å². The van der Waals surface area contributed by atoms with Crippen molar-refractivity contribution in [2.45, 2.75) is 24.3 Å². The van der Waals surface area contributed by atoms with Crippen molar-refractivity contribution in [2.75, 3.05) is 12.3 Å². The van der Waals surface area contributed by atoms with Gasteiger partial charge in [-0.1, -0.05) is 19.1 Å². The van der Waals surface area contributed by atoms with Crippen molar-refractivity contribution in [1.82, 2.24) is 5.32 Å². The van der Waals surface area contributed by atoms with Crippen LogP contribution < -0.4 is 5.32 Å². The first-order chi connectivity index (χ1) is 7.56. The van der Waals surface area contributed by atoms with Crippen LogP contribution in [0.4, 0.5) is 0 Å². The van der Waals surface area contributed by atoms with Crippen LogP contribution in [0.5, 0.6) is 0 Å². The van der Waals surface area contributed by atoms with Crippen LogP contribution in [0.3, 0.4) is 0 Å². The minimum atomic E-state index is -3.11. The van der Waals surface area contributed by atoms with E-state index in [0.717, 1.165) is 12.1 Å². The fourth-order valence-electron chi connectivity index (χ4n) is 2.12. The third-order valence-corrected chi connectivity index (χ3v) is 5.58. The lowest BCUT2D eigenvalue weighted by Gasteiger charge is -2.26. The fourth-order valence-corrected chi connectivity index (χ4v) is 4.92. The number of sulfone groups is 1. The Morgan fingerprint density at radius 1 is 1.50 bits per heavy atom. The Labute approximate surface area is 104 Å². The van der Waals surface area contributed by atoms with E-state index in [2.05, 4.69) is 21.2 Å². The SMILES string of the molecule is CCNC1CCS(=O)(=O)c2c(Br)cccc21. The number of benzene rings is 1. The molecule has 0 spiro atoms. The maximum atomic E-state index is 12.0. The second kappa shape index (κ2) is 4.47. The Morgan fingerprint density at radius 3 is 2.94 bits per heavy atom. The predicted octanol–water partition coefficient (Wildman–Crippen LogP) is 2.28. The second-order valence-electron chi connectivity index (χ2n) is 3.88. The van der Waals surface area contributed by atoms with Crippen LogP contribution in [0.1, 0.15) is 24.9 Å². The normalized spacial score (nSPS) is 22.8. The zero-order valence-corrected chi connectivity index (χ0v) is 11.4. The third kappa shape index (κ3) is 2.04. The first kappa shape index (κ1) is 12.1. The van der Waals surface area contributed by atoms with Crippen LogP contribution in [0.2, 0.25) is 0 Å². The number of rotatable bonds is 2. The van der Waals surface area contributed by atoms with E-state index in [1.54, 1.807) is 6.07 Å². The molecule has 0 fully saturated rings. The van der Waals surface area contributed by atoms with Crippen LogP contribution in [-0.2, 0) is 9.84 Å². The largest absolute Gasteiger partial charge is 0.310 e. The Bertz CT molecular complexity index is 499. The smallest absolute Gasteiger partial charge is 0.179 e. The average Bonchev–Trinajstić information content (AvgIpc) is 2.22. The summed E-state index contributed by atoms with van der Waals surface area (Å²) in [5.74, 6) is 0.222. The minimum absolute atomic E-state index is 0.154. The molecule has 5 heteroatoms. The van der Waals surface area contributed by atoms with Crippen LogP contribution >= 0.6 is 15.9 Å². The molecule has 2 rings (SSSR count). The number of hydrogen-bond acceptors (Lipinski definition) is 3. The number of fused-ring (bicyclic) bond motifs is 1. The Kier molecular flexibility index (Phi) is 3.37. The monoisotopic (exact) mass is 303 g/mol. The van der Waals surface area contributed by atoms with Gasteiger partial charge < -0.3 is 5.32 Å². The minimum Gasteiger partial charge on any atom is -0.310 e. The number of halogens is 1. The molecule has 0 amide bonds. The standard InChI is InChI=1S/C11H14BrNO2S/c1-2-13-10-6-7-16(14,15)11-8(10)4-3-5-9(11)12/h3-5,10,13H,2,6-7H2,1H3.